The fourth-order valence-electron chi connectivity index (χ4n) is 2.36. The van der Waals surface area contributed by atoms with Gasteiger partial charge in [-0.15, -0.1) is 0 Å². The zero-order valence-corrected chi connectivity index (χ0v) is 17.1. The van der Waals surface area contributed by atoms with Gasteiger partial charge in [-0.05, 0) is 38.1 Å². The average Bonchev–Trinajstić information content (AvgIpc) is 2.69. The smallest absolute Gasteiger partial charge is 0.331 e. The Morgan fingerprint density at radius 2 is 2.00 bits per heavy atom. The highest BCUT2D eigenvalue weighted by atomic mass is 16.6. The SMILES string of the molecule is C=CN[C@H]1COCC(OC2=CCCC=C2)CC(C)OC1=O.CC.CCC. The summed E-state index contributed by atoms with van der Waals surface area (Å²) in [6.45, 7) is 14.4. The van der Waals surface area contributed by atoms with Crippen LogP contribution in [-0.2, 0) is 19.0 Å². The standard InChI is InChI=1S/C16H23NO4.C3H8.C2H6/c1-3-17-15-11-19-10-14(9-12(2)20-16(15)18)21-13-7-5-4-6-8-13;1-3-2;1-2/h3,5,7-8,12,14-15,17H,1,4,6,9-11H2,2H3;3H2,1-2H3;1-2H3/t12?,14?,15-;;/m0../s1. The Labute approximate surface area is 159 Å². The van der Waals surface area contributed by atoms with Crippen molar-refractivity contribution in [1.82, 2.24) is 5.32 Å². The van der Waals surface area contributed by atoms with Crippen LogP contribution in [0, 0.1) is 0 Å². The maximum absolute atomic E-state index is 11.9. The Bertz CT molecular complexity index is 445. The second-order valence-electron chi connectivity index (χ2n) is 5.98. The van der Waals surface area contributed by atoms with Crippen molar-refractivity contribution < 1.29 is 19.0 Å². The number of esters is 1. The Morgan fingerprint density at radius 1 is 1.31 bits per heavy atom. The first-order chi connectivity index (χ1) is 12.6. The number of nitrogens with one attached hydrogen (secondary N) is 1. The predicted molar refractivity (Wildman–Crippen MR) is 107 cm³/mol. The van der Waals surface area contributed by atoms with Crippen LogP contribution in [0.3, 0.4) is 0 Å². The average molecular weight is 368 g/mol. The highest BCUT2D eigenvalue weighted by Gasteiger charge is 2.27. The summed E-state index contributed by atoms with van der Waals surface area (Å²) >= 11 is 0. The van der Waals surface area contributed by atoms with Gasteiger partial charge in [-0.1, -0.05) is 46.8 Å². The minimum Gasteiger partial charge on any atom is -0.488 e. The van der Waals surface area contributed by atoms with E-state index in [0.29, 0.717) is 13.0 Å². The normalized spacial score (nSPS) is 25.3. The molecular formula is C21H37NO4. The highest BCUT2D eigenvalue weighted by Crippen LogP contribution is 2.18. The van der Waals surface area contributed by atoms with Gasteiger partial charge in [0.1, 0.15) is 24.0 Å². The lowest BCUT2D eigenvalue weighted by Gasteiger charge is -2.22. The lowest BCUT2D eigenvalue weighted by Crippen LogP contribution is -2.39. The maximum Gasteiger partial charge on any atom is 0.331 e. The molecular weight excluding hydrogens is 330 g/mol. The number of hydrogen-bond donors (Lipinski definition) is 1. The van der Waals surface area contributed by atoms with Gasteiger partial charge in [-0.25, -0.2) is 4.79 Å². The molecule has 26 heavy (non-hydrogen) atoms. The molecule has 2 unspecified atom stereocenters. The molecule has 0 saturated carbocycles. The Morgan fingerprint density at radius 3 is 2.58 bits per heavy atom. The minimum absolute atomic E-state index is 0.121. The third-order valence-electron chi connectivity index (χ3n) is 3.37. The van der Waals surface area contributed by atoms with Crippen molar-refractivity contribution in [3.63, 3.8) is 0 Å². The van der Waals surface area contributed by atoms with Gasteiger partial charge in [0.2, 0.25) is 0 Å². The van der Waals surface area contributed by atoms with Crippen LogP contribution in [0.5, 0.6) is 0 Å². The maximum atomic E-state index is 11.9. The van der Waals surface area contributed by atoms with E-state index in [0.717, 1.165) is 18.6 Å². The monoisotopic (exact) mass is 367 g/mol. The Hall–Kier alpha value is -1.75. The fourth-order valence-corrected chi connectivity index (χ4v) is 2.36. The first-order valence-corrected chi connectivity index (χ1v) is 9.79. The third-order valence-corrected chi connectivity index (χ3v) is 3.37. The molecule has 0 aromatic rings. The quantitative estimate of drug-likeness (QED) is 0.741. The van der Waals surface area contributed by atoms with Gasteiger partial charge in [0.05, 0.1) is 13.2 Å². The van der Waals surface area contributed by atoms with Crippen LogP contribution in [0.4, 0.5) is 0 Å². The minimum atomic E-state index is -0.516. The largest absolute Gasteiger partial charge is 0.488 e. The lowest BCUT2D eigenvalue weighted by atomic mass is 10.1. The second-order valence-corrected chi connectivity index (χ2v) is 5.98. The second kappa shape index (κ2) is 15.5. The number of cyclic esters (lactones) is 1. The van der Waals surface area contributed by atoms with Gasteiger partial charge < -0.3 is 19.5 Å². The lowest BCUT2D eigenvalue weighted by molar-refractivity contribution is -0.151. The summed E-state index contributed by atoms with van der Waals surface area (Å²) in [6, 6.07) is -0.516. The summed E-state index contributed by atoms with van der Waals surface area (Å²) < 4.78 is 17.0. The van der Waals surface area contributed by atoms with E-state index >= 15 is 0 Å². The zero-order valence-electron chi connectivity index (χ0n) is 17.1. The van der Waals surface area contributed by atoms with Gasteiger partial charge in [0.15, 0.2) is 0 Å². The Kier molecular flexibility index (Phi) is 14.5. The first kappa shape index (κ1) is 24.2. The van der Waals surface area contributed by atoms with Crippen molar-refractivity contribution in [2.24, 2.45) is 0 Å². The van der Waals surface area contributed by atoms with E-state index in [1.165, 1.54) is 12.6 Å². The van der Waals surface area contributed by atoms with Crippen molar-refractivity contribution in [3.05, 3.63) is 36.8 Å². The van der Waals surface area contributed by atoms with Crippen molar-refractivity contribution >= 4 is 5.97 Å². The van der Waals surface area contributed by atoms with Gasteiger partial charge >= 0.3 is 5.97 Å². The molecule has 150 valence electrons. The summed E-state index contributed by atoms with van der Waals surface area (Å²) in [6.07, 6.45) is 11.2. The topological polar surface area (TPSA) is 56.8 Å². The van der Waals surface area contributed by atoms with Crippen molar-refractivity contribution in [1.29, 1.82) is 0 Å². The summed E-state index contributed by atoms with van der Waals surface area (Å²) in [5.74, 6) is 0.549. The van der Waals surface area contributed by atoms with E-state index in [2.05, 4.69) is 37.9 Å². The van der Waals surface area contributed by atoms with Crippen LogP contribution >= 0.6 is 0 Å². The molecule has 0 amide bonds. The van der Waals surface area contributed by atoms with Crippen molar-refractivity contribution in [2.75, 3.05) is 13.2 Å². The molecule has 2 rings (SSSR count). The number of carbonyl (C=O) groups is 1. The summed E-state index contributed by atoms with van der Waals surface area (Å²) in [4.78, 5) is 11.9. The van der Waals surface area contributed by atoms with E-state index in [1.54, 1.807) is 0 Å². The molecule has 0 aromatic carbocycles. The molecule has 0 aromatic heterocycles. The van der Waals surface area contributed by atoms with E-state index in [9.17, 15) is 4.79 Å². The summed E-state index contributed by atoms with van der Waals surface area (Å²) in [5, 5.41) is 2.85. The molecule has 5 nitrogen and oxygen atoms in total. The van der Waals surface area contributed by atoms with Crippen LogP contribution in [-0.4, -0.2) is 37.4 Å². The summed E-state index contributed by atoms with van der Waals surface area (Å²) in [5.41, 5.74) is 0. The molecule has 0 bridgehead atoms. The predicted octanol–water partition coefficient (Wildman–Crippen LogP) is 4.50. The van der Waals surface area contributed by atoms with Crippen molar-refractivity contribution in [3.8, 4) is 0 Å². The van der Waals surface area contributed by atoms with Gasteiger partial charge in [-0.3, -0.25) is 0 Å². The number of allylic oxidation sites excluding steroid dienone is 3. The number of hydrogen-bond acceptors (Lipinski definition) is 5. The van der Waals surface area contributed by atoms with Crippen LogP contribution in [0.25, 0.3) is 0 Å². The molecule has 0 spiro atoms. The molecule has 3 atom stereocenters. The van der Waals surface area contributed by atoms with Crippen LogP contribution < -0.4 is 5.32 Å². The van der Waals surface area contributed by atoms with E-state index in [1.807, 2.05) is 26.8 Å². The van der Waals surface area contributed by atoms with E-state index in [-0.39, 0.29) is 24.8 Å². The summed E-state index contributed by atoms with van der Waals surface area (Å²) in [7, 11) is 0. The number of carbonyl (C=O) groups excluding carboxylic acids is 1. The van der Waals surface area contributed by atoms with Crippen LogP contribution in [0.15, 0.2) is 36.8 Å². The van der Waals surface area contributed by atoms with E-state index in [4.69, 9.17) is 14.2 Å². The molecule has 2 aliphatic rings. The Balaban J connectivity index is 0.00000113. The van der Waals surface area contributed by atoms with Crippen LogP contribution in [0.2, 0.25) is 0 Å². The third kappa shape index (κ3) is 10.3. The molecule has 1 saturated heterocycles. The van der Waals surface area contributed by atoms with Crippen molar-refractivity contribution in [2.45, 2.75) is 78.6 Å². The fraction of sp³-hybridized carbons (Fsp3) is 0.667. The highest BCUT2D eigenvalue weighted by molar-refractivity contribution is 5.76. The molecule has 1 aliphatic heterocycles. The number of rotatable bonds is 4. The molecule has 1 N–H and O–H groups in total. The van der Waals surface area contributed by atoms with Gasteiger partial charge in [0, 0.05) is 6.42 Å². The molecule has 0 radical (unpaired) electrons. The van der Waals surface area contributed by atoms with Gasteiger partial charge in [-0.2, -0.15) is 0 Å². The first-order valence-electron chi connectivity index (χ1n) is 9.79. The molecule has 5 heteroatoms. The van der Waals surface area contributed by atoms with Gasteiger partial charge in [0.25, 0.3) is 0 Å². The molecule has 1 fully saturated rings. The molecule has 1 aliphatic carbocycles. The number of ether oxygens (including phenoxy) is 3. The van der Waals surface area contributed by atoms with E-state index < -0.39 is 6.04 Å². The zero-order chi connectivity index (χ0) is 19.8. The van der Waals surface area contributed by atoms with Crippen LogP contribution in [0.1, 0.15) is 60.3 Å². The molecule has 1 heterocycles.